The number of carbonyl (C=O) groups is 2. The Morgan fingerprint density at radius 2 is 1.55 bits per heavy atom. The summed E-state index contributed by atoms with van der Waals surface area (Å²) in [7, 11) is 0. The molecule has 0 aliphatic carbocycles. The minimum Gasteiger partial charge on any atom is -0.345 e. The molecule has 2 amide bonds. The summed E-state index contributed by atoms with van der Waals surface area (Å²) >= 11 is 0. The van der Waals surface area contributed by atoms with Gasteiger partial charge in [0.2, 0.25) is 0 Å². The van der Waals surface area contributed by atoms with Gasteiger partial charge in [-0.1, -0.05) is 24.3 Å². The molecule has 3 N–H and O–H groups in total. The molecule has 0 radical (unpaired) electrons. The predicted octanol–water partition coefficient (Wildman–Crippen LogP) is 5.09. The maximum absolute atomic E-state index is 12.9. The lowest BCUT2D eigenvalue weighted by Gasteiger charge is -2.13. The third kappa shape index (κ3) is 4.25. The number of halogens is 3. The number of H-pyrrole nitrogens is 1. The highest BCUT2D eigenvalue weighted by Gasteiger charge is 2.30. The number of nitrogens with one attached hydrogen (secondary N) is 3. The number of hydrogen-bond acceptors (Lipinski definition) is 3. The maximum atomic E-state index is 12.9. The number of aromatic amines is 1. The van der Waals surface area contributed by atoms with Gasteiger partial charge < -0.3 is 15.6 Å². The predicted molar refractivity (Wildman–Crippen MR) is 110 cm³/mol. The van der Waals surface area contributed by atoms with Gasteiger partial charge >= 0.3 is 6.18 Å². The summed E-state index contributed by atoms with van der Waals surface area (Å²) in [6, 6.07) is 15.6. The van der Waals surface area contributed by atoms with Crippen LogP contribution in [-0.4, -0.2) is 21.8 Å². The van der Waals surface area contributed by atoms with Gasteiger partial charge in [-0.25, -0.2) is 4.98 Å². The molecule has 0 bridgehead atoms. The average Bonchev–Trinajstić information content (AvgIpc) is 3.22. The molecule has 1 heterocycles. The van der Waals surface area contributed by atoms with Crippen molar-refractivity contribution in [2.75, 3.05) is 10.6 Å². The fourth-order valence-electron chi connectivity index (χ4n) is 3.10. The molecule has 31 heavy (non-hydrogen) atoms. The first-order chi connectivity index (χ1) is 14.8. The van der Waals surface area contributed by atoms with Crippen molar-refractivity contribution in [1.29, 1.82) is 0 Å². The van der Waals surface area contributed by atoms with Crippen molar-refractivity contribution in [3.05, 3.63) is 89.7 Å². The van der Waals surface area contributed by atoms with Crippen molar-refractivity contribution < 1.29 is 22.8 Å². The Hall–Kier alpha value is -4.14. The van der Waals surface area contributed by atoms with Crippen molar-refractivity contribution in [3.63, 3.8) is 0 Å². The van der Waals surface area contributed by atoms with Crippen LogP contribution in [0.2, 0.25) is 0 Å². The van der Waals surface area contributed by atoms with E-state index in [0.717, 1.165) is 12.1 Å². The molecule has 0 saturated heterocycles. The molecule has 6 nitrogen and oxygen atoms in total. The minimum atomic E-state index is -4.53. The number of carbonyl (C=O) groups excluding carboxylic acids is 2. The van der Waals surface area contributed by atoms with Gasteiger partial charge in [-0.3, -0.25) is 9.59 Å². The van der Waals surface area contributed by atoms with Crippen LogP contribution >= 0.6 is 0 Å². The normalized spacial score (nSPS) is 11.3. The third-order valence-corrected chi connectivity index (χ3v) is 4.56. The fourth-order valence-corrected chi connectivity index (χ4v) is 3.10. The topological polar surface area (TPSA) is 86.9 Å². The van der Waals surface area contributed by atoms with E-state index in [2.05, 4.69) is 20.6 Å². The van der Waals surface area contributed by atoms with E-state index in [9.17, 15) is 22.8 Å². The molecule has 3 aromatic carbocycles. The number of nitrogens with zero attached hydrogens (tertiary/aromatic N) is 1. The Balaban J connectivity index is 1.58. The van der Waals surface area contributed by atoms with E-state index in [1.165, 1.54) is 30.6 Å². The van der Waals surface area contributed by atoms with Crippen molar-refractivity contribution in [1.82, 2.24) is 9.97 Å². The second-order valence-corrected chi connectivity index (χ2v) is 6.64. The zero-order valence-corrected chi connectivity index (χ0v) is 15.8. The van der Waals surface area contributed by atoms with Gasteiger partial charge in [-0.05, 0) is 42.5 Å². The van der Waals surface area contributed by atoms with Gasteiger partial charge in [-0.15, -0.1) is 0 Å². The molecule has 0 spiro atoms. The van der Waals surface area contributed by atoms with Crippen molar-refractivity contribution in [3.8, 4) is 0 Å². The number of rotatable bonds is 4. The Bertz CT molecular complexity index is 1280. The first kappa shape index (κ1) is 20.1. The van der Waals surface area contributed by atoms with Crippen molar-refractivity contribution in [2.24, 2.45) is 0 Å². The van der Waals surface area contributed by atoms with E-state index < -0.39 is 23.6 Å². The van der Waals surface area contributed by atoms with E-state index in [-0.39, 0.29) is 16.9 Å². The lowest BCUT2D eigenvalue weighted by Crippen LogP contribution is -2.18. The number of alkyl halides is 3. The number of para-hydroxylation sites is 2. The number of amides is 2. The number of imidazole rings is 1. The summed E-state index contributed by atoms with van der Waals surface area (Å²) in [5, 5.41) is 5.12. The summed E-state index contributed by atoms with van der Waals surface area (Å²) in [5.74, 6) is -1.13. The lowest BCUT2D eigenvalue weighted by atomic mass is 10.1. The monoisotopic (exact) mass is 424 g/mol. The molecule has 4 rings (SSSR count). The number of hydrogen-bond donors (Lipinski definition) is 3. The van der Waals surface area contributed by atoms with Gasteiger partial charge in [0.25, 0.3) is 11.8 Å². The van der Waals surface area contributed by atoms with Gasteiger partial charge in [0.05, 0.1) is 34.2 Å². The largest absolute Gasteiger partial charge is 0.416 e. The van der Waals surface area contributed by atoms with Crippen LogP contribution in [0.25, 0.3) is 11.0 Å². The van der Waals surface area contributed by atoms with Crippen LogP contribution in [0, 0.1) is 0 Å². The summed E-state index contributed by atoms with van der Waals surface area (Å²) in [5.41, 5.74) is 0.897. The lowest BCUT2D eigenvalue weighted by molar-refractivity contribution is -0.137. The van der Waals surface area contributed by atoms with E-state index in [0.29, 0.717) is 16.6 Å². The molecule has 9 heteroatoms. The number of fused-ring (bicyclic) bond motifs is 1. The van der Waals surface area contributed by atoms with Gasteiger partial charge in [0.15, 0.2) is 0 Å². The van der Waals surface area contributed by atoms with Crippen molar-refractivity contribution in [2.45, 2.75) is 6.18 Å². The van der Waals surface area contributed by atoms with E-state index in [4.69, 9.17) is 0 Å². The summed E-state index contributed by atoms with van der Waals surface area (Å²) < 4.78 is 38.8. The molecule has 156 valence electrons. The highest BCUT2D eigenvalue weighted by atomic mass is 19.4. The zero-order valence-electron chi connectivity index (χ0n) is 15.8. The molecule has 0 saturated carbocycles. The van der Waals surface area contributed by atoms with Gasteiger partial charge in [0, 0.05) is 5.69 Å². The SMILES string of the molecule is O=C(Nc1cccc(C(F)(F)F)c1)c1ccccc1NC(=O)c1cccc2[nH]cnc12. The van der Waals surface area contributed by atoms with Crippen molar-refractivity contribution >= 4 is 34.2 Å². The Labute approximate surface area is 174 Å². The standard InChI is InChI=1S/C22H15F3N4O2/c23-22(24,25)13-5-3-6-14(11-13)28-20(30)15-7-1-2-9-17(15)29-21(31)16-8-4-10-18-19(16)27-12-26-18/h1-12H,(H,26,27)(H,28,30)(H,29,31). The molecular weight excluding hydrogens is 409 g/mol. The minimum absolute atomic E-state index is 0.0118. The molecule has 1 aromatic heterocycles. The van der Waals surface area contributed by atoms with E-state index in [1.54, 1.807) is 30.3 Å². The van der Waals surface area contributed by atoms with Gasteiger partial charge in [-0.2, -0.15) is 13.2 Å². The number of aromatic nitrogens is 2. The Morgan fingerprint density at radius 3 is 2.35 bits per heavy atom. The third-order valence-electron chi connectivity index (χ3n) is 4.56. The molecular formula is C22H15F3N4O2. The summed E-state index contributed by atoms with van der Waals surface area (Å²) in [6.07, 6.45) is -3.06. The Kier molecular flexibility index (Phi) is 5.16. The molecule has 0 atom stereocenters. The molecule has 0 aliphatic heterocycles. The summed E-state index contributed by atoms with van der Waals surface area (Å²) in [6.45, 7) is 0. The second-order valence-electron chi connectivity index (χ2n) is 6.64. The molecule has 4 aromatic rings. The first-order valence-corrected chi connectivity index (χ1v) is 9.14. The van der Waals surface area contributed by atoms with Gasteiger partial charge in [0.1, 0.15) is 5.52 Å². The quantitative estimate of drug-likeness (QED) is 0.427. The highest BCUT2D eigenvalue weighted by molar-refractivity contribution is 6.15. The Morgan fingerprint density at radius 1 is 0.839 bits per heavy atom. The van der Waals surface area contributed by atoms with Crippen LogP contribution < -0.4 is 10.6 Å². The first-order valence-electron chi connectivity index (χ1n) is 9.14. The average molecular weight is 424 g/mol. The maximum Gasteiger partial charge on any atom is 0.416 e. The summed E-state index contributed by atoms with van der Waals surface area (Å²) in [4.78, 5) is 32.6. The number of benzene rings is 3. The zero-order chi connectivity index (χ0) is 22.0. The van der Waals surface area contributed by atoms with E-state index in [1.807, 2.05) is 0 Å². The molecule has 0 fully saturated rings. The highest BCUT2D eigenvalue weighted by Crippen LogP contribution is 2.31. The van der Waals surface area contributed by atoms with Crippen LogP contribution in [-0.2, 0) is 6.18 Å². The molecule has 0 unspecified atom stereocenters. The fraction of sp³-hybridized carbons (Fsp3) is 0.0455. The smallest absolute Gasteiger partial charge is 0.345 e. The van der Waals surface area contributed by atoms with Crippen LogP contribution in [0.15, 0.2) is 73.1 Å². The van der Waals surface area contributed by atoms with Crippen LogP contribution in [0.5, 0.6) is 0 Å². The van der Waals surface area contributed by atoms with Crippen LogP contribution in [0.3, 0.4) is 0 Å². The van der Waals surface area contributed by atoms with Crippen LogP contribution in [0.1, 0.15) is 26.3 Å². The van der Waals surface area contributed by atoms with Crippen LogP contribution in [0.4, 0.5) is 24.5 Å². The van der Waals surface area contributed by atoms with E-state index >= 15 is 0 Å². The second kappa shape index (κ2) is 7.94. The number of anilines is 2. The molecule has 0 aliphatic rings.